The first kappa shape index (κ1) is 29.7. The van der Waals surface area contributed by atoms with Gasteiger partial charge in [-0.2, -0.15) is 0 Å². The molecule has 0 spiro atoms. The summed E-state index contributed by atoms with van der Waals surface area (Å²) in [5, 5.41) is 21.4. The fraction of sp³-hybridized carbons (Fsp3) is 0.857. The Bertz CT molecular complexity index is 615. The second kappa shape index (κ2) is 14.4. The highest BCUT2D eigenvalue weighted by molar-refractivity contribution is 5.08. The Balaban J connectivity index is 1.63. The van der Waals surface area contributed by atoms with Crippen molar-refractivity contribution < 1.29 is 38.6 Å². The van der Waals surface area contributed by atoms with Gasteiger partial charge in [-0.05, 0) is 43.9 Å². The van der Waals surface area contributed by atoms with Gasteiger partial charge >= 0.3 is 0 Å². The zero-order valence-electron chi connectivity index (χ0n) is 22.8. The van der Waals surface area contributed by atoms with Crippen LogP contribution in [0.4, 0.5) is 0 Å². The Morgan fingerprint density at radius 3 is 1.06 bits per heavy atom. The summed E-state index contributed by atoms with van der Waals surface area (Å²) in [7, 11) is 10.2. The van der Waals surface area contributed by atoms with Crippen molar-refractivity contribution in [2.45, 2.75) is 87.4 Å². The standard InChI is InChI=1S/C28H48O8/c1-31-23-11-17(12-24(32-2)27(23)35-5)7-9-19-15-20(22(30)16-21(19)29)10-8-18-13-25(33-3)28(36-6)26(14-18)34-4/h7-10,17-30H,11-16H2,1-6H3/b9-7+,10-8+. The Kier molecular flexibility index (Phi) is 11.8. The third kappa shape index (κ3) is 7.17. The smallest absolute Gasteiger partial charge is 0.109 e. The summed E-state index contributed by atoms with van der Waals surface area (Å²) in [5.41, 5.74) is 0. The molecule has 0 aromatic carbocycles. The molecule has 0 heterocycles. The monoisotopic (exact) mass is 512 g/mol. The largest absolute Gasteiger partial charge is 0.392 e. The van der Waals surface area contributed by atoms with E-state index in [9.17, 15) is 10.2 Å². The molecule has 0 aromatic heterocycles. The van der Waals surface area contributed by atoms with Crippen molar-refractivity contribution in [2.75, 3.05) is 42.7 Å². The maximum absolute atomic E-state index is 10.7. The predicted octanol–water partition coefficient (Wildman–Crippen LogP) is 2.76. The topological polar surface area (TPSA) is 95.8 Å². The minimum absolute atomic E-state index is 0.00661. The van der Waals surface area contributed by atoms with Crippen LogP contribution in [-0.2, 0) is 28.4 Å². The lowest BCUT2D eigenvalue weighted by Crippen LogP contribution is -2.47. The molecule has 0 aromatic rings. The van der Waals surface area contributed by atoms with E-state index in [1.54, 1.807) is 42.7 Å². The summed E-state index contributed by atoms with van der Waals surface area (Å²) in [5.74, 6) is 0.556. The van der Waals surface area contributed by atoms with Crippen LogP contribution in [0, 0.1) is 23.7 Å². The summed E-state index contributed by atoms with van der Waals surface area (Å²) in [6, 6.07) is 0. The van der Waals surface area contributed by atoms with E-state index in [-0.39, 0.29) is 60.3 Å². The zero-order valence-corrected chi connectivity index (χ0v) is 22.8. The van der Waals surface area contributed by atoms with Gasteiger partial charge in [-0.1, -0.05) is 24.3 Å². The van der Waals surface area contributed by atoms with Crippen LogP contribution in [0.25, 0.3) is 0 Å². The summed E-state index contributed by atoms with van der Waals surface area (Å²) in [6.45, 7) is 0. The number of hydrogen-bond donors (Lipinski definition) is 2. The van der Waals surface area contributed by atoms with E-state index in [4.69, 9.17) is 28.4 Å². The summed E-state index contributed by atoms with van der Waals surface area (Å²) >= 11 is 0. The van der Waals surface area contributed by atoms with Gasteiger partial charge in [-0.25, -0.2) is 0 Å². The molecule has 8 atom stereocenters. The molecule has 8 nitrogen and oxygen atoms in total. The van der Waals surface area contributed by atoms with E-state index in [1.807, 2.05) is 0 Å². The van der Waals surface area contributed by atoms with E-state index in [0.29, 0.717) is 12.8 Å². The van der Waals surface area contributed by atoms with Crippen molar-refractivity contribution in [3.8, 4) is 0 Å². The average molecular weight is 513 g/mol. The Morgan fingerprint density at radius 1 is 0.444 bits per heavy atom. The third-order valence-corrected chi connectivity index (χ3v) is 8.64. The number of ether oxygens (including phenoxy) is 6. The molecule has 0 bridgehead atoms. The van der Waals surface area contributed by atoms with Crippen LogP contribution in [0.1, 0.15) is 38.5 Å². The van der Waals surface area contributed by atoms with Crippen LogP contribution >= 0.6 is 0 Å². The lowest BCUT2D eigenvalue weighted by atomic mass is 9.75. The number of hydrogen-bond acceptors (Lipinski definition) is 8. The van der Waals surface area contributed by atoms with Gasteiger partial charge in [0.2, 0.25) is 0 Å². The van der Waals surface area contributed by atoms with E-state index >= 15 is 0 Å². The predicted molar refractivity (Wildman–Crippen MR) is 137 cm³/mol. The van der Waals surface area contributed by atoms with Crippen LogP contribution in [0.3, 0.4) is 0 Å². The molecule has 8 unspecified atom stereocenters. The second-order valence-corrected chi connectivity index (χ2v) is 10.7. The van der Waals surface area contributed by atoms with Crippen LogP contribution < -0.4 is 0 Å². The van der Waals surface area contributed by atoms with Gasteiger partial charge < -0.3 is 38.6 Å². The molecule has 3 fully saturated rings. The molecule has 3 aliphatic rings. The van der Waals surface area contributed by atoms with Crippen molar-refractivity contribution >= 4 is 0 Å². The van der Waals surface area contributed by atoms with Crippen molar-refractivity contribution in [1.82, 2.24) is 0 Å². The average Bonchev–Trinajstić information content (AvgIpc) is 2.90. The maximum Gasteiger partial charge on any atom is 0.109 e. The van der Waals surface area contributed by atoms with Gasteiger partial charge in [-0.15, -0.1) is 0 Å². The van der Waals surface area contributed by atoms with E-state index in [1.165, 1.54) is 0 Å². The van der Waals surface area contributed by atoms with Crippen molar-refractivity contribution in [2.24, 2.45) is 23.7 Å². The molecule has 3 rings (SSSR count). The lowest BCUT2D eigenvalue weighted by Gasteiger charge is -2.39. The van der Waals surface area contributed by atoms with Crippen LogP contribution in [0.15, 0.2) is 24.3 Å². The van der Waals surface area contributed by atoms with Gasteiger partial charge in [0.15, 0.2) is 0 Å². The van der Waals surface area contributed by atoms with Gasteiger partial charge in [-0.3, -0.25) is 0 Å². The molecule has 3 aliphatic carbocycles. The number of aliphatic hydroxyl groups excluding tert-OH is 2. The maximum atomic E-state index is 10.7. The summed E-state index contributed by atoms with van der Waals surface area (Å²) in [6.07, 6.45) is 11.8. The summed E-state index contributed by atoms with van der Waals surface area (Å²) in [4.78, 5) is 0. The second-order valence-electron chi connectivity index (χ2n) is 10.7. The highest BCUT2D eigenvalue weighted by Gasteiger charge is 2.40. The summed E-state index contributed by atoms with van der Waals surface area (Å²) < 4.78 is 34.0. The zero-order chi connectivity index (χ0) is 26.2. The van der Waals surface area contributed by atoms with Crippen LogP contribution in [0.5, 0.6) is 0 Å². The Morgan fingerprint density at radius 2 is 0.778 bits per heavy atom. The molecular formula is C28H48O8. The van der Waals surface area contributed by atoms with Crippen molar-refractivity contribution in [1.29, 1.82) is 0 Å². The number of allylic oxidation sites excluding steroid dienone is 2. The Hall–Kier alpha value is -0.840. The minimum Gasteiger partial charge on any atom is -0.392 e. The minimum atomic E-state index is -0.555. The first-order chi connectivity index (χ1) is 17.4. The molecule has 0 saturated heterocycles. The van der Waals surface area contributed by atoms with Gasteiger partial charge in [0.1, 0.15) is 12.2 Å². The molecule has 0 amide bonds. The highest BCUT2D eigenvalue weighted by atomic mass is 16.6. The highest BCUT2D eigenvalue weighted by Crippen LogP contribution is 2.36. The van der Waals surface area contributed by atoms with Crippen molar-refractivity contribution in [3.05, 3.63) is 24.3 Å². The van der Waals surface area contributed by atoms with Crippen molar-refractivity contribution in [3.63, 3.8) is 0 Å². The van der Waals surface area contributed by atoms with Gasteiger partial charge in [0.05, 0.1) is 36.6 Å². The van der Waals surface area contributed by atoms with Crippen LogP contribution in [0.2, 0.25) is 0 Å². The first-order valence-corrected chi connectivity index (χ1v) is 13.3. The molecule has 2 N–H and O–H groups in total. The Labute approximate surface area is 216 Å². The molecule has 3 saturated carbocycles. The molecule has 0 radical (unpaired) electrons. The number of aliphatic hydroxyl groups is 2. The third-order valence-electron chi connectivity index (χ3n) is 8.64. The quantitative estimate of drug-likeness (QED) is 0.432. The number of methoxy groups -OCH3 is 6. The fourth-order valence-corrected chi connectivity index (χ4v) is 6.48. The van der Waals surface area contributed by atoms with Gasteiger partial charge in [0, 0.05) is 60.9 Å². The van der Waals surface area contributed by atoms with Crippen LogP contribution in [-0.4, -0.2) is 102 Å². The first-order valence-electron chi connectivity index (χ1n) is 13.3. The molecule has 8 heteroatoms. The van der Waals surface area contributed by atoms with E-state index in [2.05, 4.69) is 24.3 Å². The normalized spacial score (nSPS) is 44.4. The molecule has 0 aliphatic heterocycles. The number of rotatable bonds is 10. The molecule has 36 heavy (non-hydrogen) atoms. The lowest BCUT2D eigenvalue weighted by molar-refractivity contribution is -0.136. The fourth-order valence-electron chi connectivity index (χ4n) is 6.48. The van der Waals surface area contributed by atoms with E-state index < -0.39 is 12.2 Å². The SMILES string of the molecule is COC1CC(/C=C/C2CC(/C=C/C3CC(OC)C(OC)C(OC)C3)C(O)CC2O)CC(OC)C1OC. The molecular weight excluding hydrogens is 464 g/mol. The molecule has 208 valence electrons. The van der Waals surface area contributed by atoms with Gasteiger partial charge in [0.25, 0.3) is 0 Å². The van der Waals surface area contributed by atoms with E-state index in [0.717, 1.165) is 25.7 Å².